The number of piperidine rings is 1. The average Bonchev–Trinajstić information content (AvgIpc) is 3.09. The quantitative estimate of drug-likeness (QED) is 0.746. The molecule has 1 saturated heterocycles. The van der Waals surface area contributed by atoms with Crippen molar-refractivity contribution >= 4 is 0 Å². The van der Waals surface area contributed by atoms with Gasteiger partial charge in [0.25, 0.3) is 0 Å². The lowest BCUT2D eigenvalue weighted by atomic mass is 9.96. The monoisotopic (exact) mass is 224 g/mol. The first kappa shape index (κ1) is 12.4. The Morgan fingerprint density at radius 3 is 2.62 bits per heavy atom. The van der Waals surface area contributed by atoms with Gasteiger partial charge in [0.15, 0.2) is 0 Å². The smallest absolute Gasteiger partial charge is 0.00965 e. The van der Waals surface area contributed by atoms with Gasteiger partial charge < -0.3 is 10.2 Å². The summed E-state index contributed by atoms with van der Waals surface area (Å²) in [5.41, 5.74) is 0. The second kappa shape index (κ2) is 6.02. The SMILES string of the molecule is CC(C)CN(CCC1CCCNC1)C1CC1. The first-order valence-corrected chi connectivity index (χ1v) is 7.20. The highest BCUT2D eigenvalue weighted by Crippen LogP contribution is 2.28. The van der Waals surface area contributed by atoms with E-state index in [9.17, 15) is 0 Å². The van der Waals surface area contributed by atoms with Crippen LogP contribution in [0.15, 0.2) is 0 Å². The molecule has 1 aliphatic carbocycles. The van der Waals surface area contributed by atoms with Crippen LogP contribution in [-0.2, 0) is 0 Å². The fraction of sp³-hybridized carbons (Fsp3) is 1.00. The van der Waals surface area contributed by atoms with E-state index in [-0.39, 0.29) is 0 Å². The molecule has 2 nitrogen and oxygen atoms in total. The Labute approximate surface area is 101 Å². The van der Waals surface area contributed by atoms with Gasteiger partial charge in [0.05, 0.1) is 0 Å². The summed E-state index contributed by atoms with van der Waals surface area (Å²) in [7, 11) is 0. The van der Waals surface area contributed by atoms with E-state index in [4.69, 9.17) is 0 Å². The van der Waals surface area contributed by atoms with Crippen molar-refractivity contribution in [3.05, 3.63) is 0 Å². The maximum absolute atomic E-state index is 3.53. The molecule has 1 saturated carbocycles. The van der Waals surface area contributed by atoms with Crippen molar-refractivity contribution in [3.63, 3.8) is 0 Å². The normalized spacial score (nSPS) is 26.6. The summed E-state index contributed by atoms with van der Waals surface area (Å²) < 4.78 is 0. The molecule has 0 bridgehead atoms. The fourth-order valence-corrected chi connectivity index (χ4v) is 2.85. The minimum atomic E-state index is 0.824. The van der Waals surface area contributed by atoms with Crippen molar-refractivity contribution in [1.29, 1.82) is 0 Å². The van der Waals surface area contributed by atoms with Crippen molar-refractivity contribution < 1.29 is 0 Å². The van der Waals surface area contributed by atoms with Gasteiger partial charge in [0.1, 0.15) is 0 Å². The van der Waals surface area contributed by atoms with Crippen molar-refractivity contribution in [2.24, 2.45) is 11.8 Å². The first-order valence-electron chi connectivity index (χ1n) is 7.20. The van der Waals surface area contributed by atoms with E-state index in [0.717, 1.165) is 17.9 Å². The molecule has 16 heavy (non-hydrogen) atoms. The highest BCUT2D eigenvalue weighted by Gasteiger charge is 2.29. The lowest BCUT2D eigenvalue weighted by molar-refractivity contribution is 0.208. The summed E-state index contributed by atoms with van der Waals surface area (Å²) in [6.45, 7) is 9.85. The van der Waals surface area contributed by atoms with Gasteiger partial charge in [0, 0.05) is 12.6 Å². The molecular formula is C14H28N2. The lowest BCUT2D eigenvalue weighted by Crippen LogP contribution is -2.35. The predicted octanol–water partition coefficient (Wildman–Crippen LogP) is 2.50. The van der Waals surface area contributed by atoms with Gasteiger partial charge in [0.2, 0.25) is 0 Å². The first-order chi connectivity index (χ1) is 7.75. The molecular weight excluding hydrogens is 196 g/mol. The van der Waals surface area contributed by atoms with Crippen LogP contribution in [0.4, 0.5) is 0 Å². The molecule has 94 valence electrons. The number of hydrogen-bond acceptors (Lipinski definition) is 2. The highest BCUT2D eigenvalue weighted by molar-refractivity contribution is 4.85. The van der Waals surface area contributed by atoms with E-state index in [2.05, 4.69) is 24.1 Å². The van der Waals surface area contributed by atoms with Crippen molar-refractivity contribution in [2.45, 2.75) is 52.0 Å². The molecule has 0 amide bonds. The average molecular weight is 224 g/mol. The molecule has 1 atom stereocenters. The molecule has 2 fully saturated rings. The molecule has 0 spiro atoms. The summed E-state index contributed by atoms with van der Waals surface area (Å²) in [4.78, 5) is 2.75. The maximum atomic E-state index is 3.53. The summed E-state index contributed by atoms with van der Waals surface area (Å²) in [6.07, 6.45) is 7.16. The summed E-state index contributed by atoms with van der Waals surface area (Å²) in [5, 5.41) is 3.53. The molecule has 0 aromatic carbocycles. The standard InChI is InChI=1S/C14H28N2/c1-12(2)11-16(14-5-6-14)9-7-13-4-3-8-15-10-13/h12-15H,3-11H2,1-2H3. The second-order valence-electron chi connectivity index (χ2n) is 6.12. The van der Waals surface area contributed by atoms with E-state index in [0.29, 0.717) is 0 Å². The minimum Gasteiger partial charge on any atom is -0.316 e. The van der Waals surface area contributed by atoms with Gasteiger partial charge in [-0.25, -0.2) is 0 Å². The zero-order chi connectivity index (χ0) is 11.4. The van der Waals surface area contributed by atoms with Gasteiger partial charge in [-0.3, -0.25) is 0 Å². The van der Waals surface area contributed by atoms with Gasteiger partial charge in [-0.05, 0) is 63.6 Å². The van der Waals surface area contributed by atoms with Crippen LogP contribution in [0, 0.1) is 11.8 Å². The van der Waals surface area contributed by atoms with Crippen molar-refractivity contribution in [2.75, 3.05) is 26.2 Å². The summed E-state index contributed by atoms with van der Waals surface area (Å²) in [6, 6.07) is 0.943. The van der Waals surface area contributed by atoms with E-state index < -0.39 is 0 Å². The second-order valence-corrected chi connectivity index (χ2v) is 6.12. The van der Waals surface area contributed by atoms with Crippen LogP contribution in [0.1, 0.15) is 46.0 Å². The molecule has 0 radical (unpaired) electrons. The van der Waals surface area contributed by atoms with Gasteiger partial charge in [-0.15, -0.1) is 0 Å². The van der Waals surface area contributed by atoms with E-state index in [1.54, 1.807) is 0 Å². The summed E-state index contributed by atoms with van der Waals surface area (Å²) >= 11 is 0. The fourth-order valence-electron chi connectivity index (χ4n) is 2.85. The summed E-state index contributed by atoms with van der Waals surface area (Å²) in [5.74, 6) is 1.77. The largest absolute Gasteiger partial charge is 0.316 e. The number of nitrogens with one attached hydrogen (secondary N) is 1. The zero-order valence-electron chi connectivity index (χ0n) is 11.0. The number of nitrogens with zero attached hydrogens (tertiary/aromatic N) is 1. The lowest BCUT2D eigenvalue weighted by Gasteiger charge is -2.28. The van der Waals surface area contributed by atoms with Crippen LogP contribution < -0.4 is 5.32 Å². The molecule has 1 unspecified atom stereocenters. The van der Waals surface area contributed by atoms with Crippen LogP contribution in [0.3, 0.4) is 0 Å². The zero-order valence-corrected chi connectivity index (χ0v) is 11.0. The Kier molecular flexibility index (Phi) is 4.66. The van der Waals surface area contributed by atoms with E-state index in [1.807, 2.05) is 0 Å². The molecule has 1 aliphatic heterocycles. The van der Waals surface area contributed by atoms with Crippen LogP contribution >= 0.6 is 0 Å². The molecule has 0 aromatic heterocycles. The van der Waals surface area contributed by atoms with Crippen LogP contribution in [0.25, 0.3) is 0 Å². The predicted molar refractivity (Wildman–Crippen MR) is 69.6 cm³/mol. The van der Waals surface area contributed by atoms with Gasteiger partial charge >= 0.3 is 0 Å². The van der Waals surface area contributed by atoms with Gasteiger partial charge in [-0.1, -0.05) is 13.8 Å². The molecule has 1 heterocycles. The molecule has 2 rings (SSSR count). The van der Waals surface area contributed by atoms with Crippen LogP contribution in [-0.4, -0.2) is 37.1 Å². The number of rotatable bonds is 6. The highest BCUT2D eigenvalue weighted by atomic mass is 15.2. The molecule has 2 heteroatoms. The third-order valence-electron chi connectivity index (χ3n) is 3.89. The Balaban J connectivity index is 1.68. The Morgan fingerprint density at radius 1 is 1.25 bits per heavy atom. The third kappa shape index (κ3) is 4.06. The topological polar surface area (TPSA) is 15.3 Å². The molecule has 1 N–H and O–H groups in total. The Morgan fingerprint density at radius 2 is 2.06 bits per heavy atom. The van der Waals surface area contributed by atoms with Crippen molar-refractivity contribution in [1.82, 2.24) is 10.2 Å². The minimum absolute atomic E-state index is 0.824. The molecule has 0 aromatic rings. The van der Waals surface area contributed by atoms with E-state index >= 15 is 0 Å². The number of hydrogen-bond donors (Lipinski definition) is 1. The van der Waals surface area contributed by atoms with Crippen molar-refractivity contribution in [3.8, 4) is 0 Å². The maximum Gasteiger partial charge on any atom is 0.00965 e. The van der Waals surface area contributed by atoms with Gasteiger partial charge in [-0.2, -0.15) is 0 Å². The third-order valence-corrected chi connectivity index (χ3v) is 3.89. The van der Waals surface area contributed by atoms with E-state index in [1.165, 1.54) is 58.3 Å². The Hall–Kier alpha value is -0.0800. The molecule has 2 aliphatic rings. The Bertz CT molecular complexity index is 193. The van der Waals surface area contributed by atoms with Crippen LogP contribution in [0.5, 0.6) is 0 Å². The van der Waals surface area contributed by atoms with Crippen LogP contribution in [0.2, 0.25) is 0 Å².